The molecular weight excluding hydrogens is 304 g/mol. The molecule has 0 aromatic heterocycles. The van der Waals surface area contributed by atoms with Crippen molar-refractivity contribution < 1.29 is 19.7 Å². The smallest absolute Gasteiger partial charge is 0.306 e. The first-order chi connectivity index (χ1) is 11.4. The van der Waals surface area contributed by atoms with Crippen molar-refractivity contribution in [1.82, 2.24) is 0 Å². The maximum atomic E-state index is 12.3. The minimum absolute atomic E-state index is 0.123. The summed E-state index contributed by atoms with van der Waals surface area (Å²) in [5.41, 5.74) is 0.682. The Morgan fingerprint density at radius 2 is 2.00 bits per heavy atom. The van der Waals surface area contributed by atoms with Gasteiger partial charge in [0.15, 0.2) is 0 Å². The second kappa shape index (κ2) is 5.57. The summed E-state index contributed by atoms with van der Waals surface area (Å²) in [6.45, 7) is 4.19. The van der Waals surface area contributed by atoms with Crippen LogP contribution in [0.1, 0.15) is 57.8 Å². The molecule has 4 saturated carbocycles. The molecule has 4 heteroatoms. The predicted molar refractivity (Wildman–Crippen MR) is 90.1 cm³/mol. The molecule has 134 valence electrons. The summed E-state index contributed by atoms with van der Waals surface area (Å²) in [6.07, 6.45) is 7.35. The first-order valence-corrected chi connectivity index (χ1v) is 9.54. The molecule has 4 rings (SSSR count). The molecule has 0 aromatic rings. The number of fused-ring (bicyclic) bond motifs is 3. The number of aliphatic hydroxyl groups is 2. The zero-order valence-corrected chi connectivity index (χ0v) is 14.7. The van der Waals surface area contributed by atoms with Crippen LogP contribution in [-0.4, -0.2) is 35.5 Å². The van der Waals surface area contributed by atoms with Crippen molar-refractivity contribution in [1.29, 1.82) is 0 Å². The lowest BCUT2D eigenvalue weighted by Crippen LogP contribution is -2.58. The van der Waals surface area contributed by atoms with E-state index in [1.54, 1.807) is 0 Å². The molecule has 0 unspecified atom stereocenters. The number of ether oxygens (including phenoxy) is 1. The van der Waals surface area contributed by atoms with Gasteiger partial charge in [0, 0.05) is 5.41 Å². The van der Waals surface area contributed by atoms with Gasteiger partial charge in [-0.1, -0.05) is 6.58 Å². The van der Waals surface area contributed by atoms with Crippen LogP contribution < -0.4 is 0 Å². The third kappa shape index (κ3) is 2.08. The lowest BCUT2D eigenvalue weighted by molar-refractivity contribution is -0.178. The molecule has 0 amide bonds. The van der Waals surface area contributed by atoms with E-state index in [-0.39, 0.29) is 22.9 Å². The van der Waals surface area contributed by atoms with Crippen LogP contribution in [0.5, 0.6) is 0 Å². The Bertz CT molecular complexity index is 558. The molecule has 0 aliphatic heterocycles. The second-order valence-corrected chi connectivity index (χ2v) is 8.90. The van der Waals surface area contributed by atoms with Gasteiger partial charge in [-0.25, -0.2) is 0 Å². The molecule has 2 N–H and O–H groups in total. The summed E-state index contributed by atoms with van der Waals surface area (Å²) >= 11 is 0. The van der Waals surface area contributed by atoms with Crippen LogP contribution >= 0.6 is 0 Å². The Morgan fingerprint density at radius 1 is 1.21 bits per heavy atom. The number of esters is 1. The zero-order valence-electron chi connectivity index (χ0n) is 14.7. The van der Waals surface area contributed by atoms with Gasteiger partial charge in [0.05, 0.1) is 25.7 Å². The van der Waals surface area contributed by atoms with Crippen molar-refractivity contribution >= 4 is 5.97 Å². The fourth-order valence-electron chi connectivity index (χ4n) is 7.21. The van der Waals surface area contributed by atoms with Gasteiger partial charge in [0.25, 0.3) is 0 Å². The van der Waals surface area contributed by atoms with Crippen molar-refractivity contribution in [3.05, 3.63) is 12.2 Å². The van der Waals surface area contributed by atoms with Crippen molar-refractivity contribution in [2.24, 2.45) is 28.6 Å². The summed E-state index contributed by atoms with van der Waals surface area (Å²) in [7, 11) is 1.45. The van der Waals surface area contributed by atoms with E-state index >= 15 is 0 Å². The number of methoxy groups -OCH3 is 1. The highest BCUT2D eigenvalue weighted by Crippen LogP contribution is 2.70. The maximum Gasteiger partial charge on any atom is 0.306 e. The largest absolute Gasteiger partial charge is 0.469 e. The number of carbonyl (C=O) groups is 1. The number of carbonyl (C=O) groups excluding carboxylic acids is 1. The third-order valence-corrected chi connectivity index (χ3v) is 8.17. The van der Waals surface area contributed by atoms with E-state index in [0.717, 1.165) is 50.5 Å². The maximum absolute atomic E-state index is 12.3. The highest BCUT2D eigenvalue weighted by molar-refractivity contribution is 5.70. The quantitative estimate of drug-likeness (QED) is 0.602. The molecule has 0 radical (unpaired) electrons. The first-order valence-electron chi connectivity index (χ1n) is 9.54. The van der Waals surface area contributed by atoms with Crippen molar-refractivity contribution in [3.8, 4) is 0 Å². The Kier molecular flexibility index (Phi) is 3.85. The summed E-state index contributed by atoms with van der Waals surface area (Å²) in [5.74, 6) is 1.03. The zero-order chi connectivity index (χ0) is 17.1. The van der Waals surface area contributed by atoms with E-state index in [9.17, 15) is 15.0 Å². The van der Waals surface area contributed by atoms with Gasteiger partial charge in [0.2, 0.25) is 0 Å². The lowest BCUT2D eigenvalue weighted by Gasteiger charge is -2.62. The van der Waals surface area contributed by atoms with Crippen molar-refractivity contribution in [2.45, 2.75) is 70.0 Å². The molecular formula is C20H30O4. The van der Waals surface area contributed by atoms with E-state index in [4.69, 9.17) is 4.74 Å². The van der Waals surface area contributed by atoms with Gasteiger partial charge in [0.1, 0.15) is 0 Å². The van der Waals surface area contributed by atoms with Crippen molar-refractivity contribution in [3.63, 3.8) is 0 Å². The SMILES string of the molecule is C=C1[C@@H]2CC[C@H]3[C@]4(CC(=O)OC)C[C@H](O)CC[C@H]4CC[C@]3(C2)[C@H]1O. The summed E-state index contributed by atoms with van der Waals surface area (Å²) in [6, 6.07) is 0. The molecule has 0 heterocycles. The highest BCUT2D eigenvalue weighted by atomic mass is 16.5. The molecule has 0 saturated heterocycles. The van der Waals surface area contributed by atoms with Crippen LogP contribution in [0, 0.1) is 28.6 Å². The normalized spacial score (nSPS) is 50.1. The monoisotopic (exact) mass is 334 g/mol. The third-order valence-electron chi connectivity index (χ3n) is 8.17. The molecule has 7 atom stereocenters. The summed E-state index contributed by atoms with van der Waals surface area (Å²) < 4.78 is 5.04. The van der Waals surface area contributed by atoms with Crippen LogP contribution in [0.4, 0.5) is 0 Å². The topological polar surface area (TPSA) is 66.8 Å². The number of aliphatic hydroxyl groups excluding tert-OH is 2. The molecule has 24 heavy (non-hydrogen) atoms. The minimum Gasteiger partial charge on any atom is -0.469 e. The molecule has 0 aromatic carbocycles. The van der Waals surface area contributed by atoms with E-state index in [1.807, 2.05) is 0 Å². The van der Waals surface area contributed by atoms with Gasteiger partial charge in [-0.05, 0) is 80.1 Å². The van der Waals surface area contributed by atoms with Gasteiger partial charge < -0.3 is 14.9 Å². The van der Waals surface area contributed by atoms with E-state index in [2.05, 4.69) is 6.58 Å². The van der Waals surface area contributed by atoms with Crippen LogP contribution in [0.15, 0.2) is 12.2 Å². The summed E-state index contributed by atoms with van der Waals surface area (Å²) in [5, 5.41) is 21.5. The van der Waals surface area contributed by atoms with Crippen LogP contribution in [0.3, 0.4) is 0 Å². The average molecular weight is 334 g/mol. The summed E-state index contributed by atoms with van der Waals surface area (Å²) in [4.78, 5) is 12.3. The van der Waals surface area contributed by atoms with Crippen LogP contribution in [-0.2, 0) is 9.53 Å². The minimum atomic E-state index is -0.440. The van der Waals surface area contributed by atoms with Crippen LogP contribution in [0.2, 0.25) is 0 Å². The molecule has 4 nitrogen and oxygen atoms in total. The number of hydrogen-bond acceptors (Lipinski definition) is 4. The van der Waals surface area contributed by atoms with Gasteiger partial charge in [-0.2, -0.15) is 0 Å². The van der Waals surface area contributed by atoms with E-state index < -0.39 is 6.10 Å². The van der Waals surface area contributed by atoms with Crippen molar-refractivity contribution in [2.75, 3.05) is 7.11 Å². The van der Waals surface area contributed by atoms with Gasteiger partial charge in [-0.15, -0.1) is 0 Å². The molecule has 4 aliphatic carbocycles. The van der Waals surface area contributed by atoms with Gasteiger partial charge in [-0.3, -0.25) is 4.79 Å². The lowest BCUT2D eigenvalue weighted by atomic mass is 9.43. The fraction of sp³-hybridized carbons (Fsp3) is 0.850. The van der Waals surface area contributed by atoms with E-state index in [0.29, 0.717) is 30.6 Å². The second-order valence-electron chi connectivity index (χ2n) is 8.90. The molecule has 4 aliphatic rings. The highest BCUT2D eigenvalue weighted by Gasteiger charge is 2.66. The number of hydrogen-bond donors (Lipinski definition) is 2. The van der Waals surface area contributed by atoms with Crippen LogP contribution in [0.25, 0.3) is 0 Å². The molecule has 4 fully saturated rings. The molecule has 2 bridgehead atoms. The number of rotatable bonds is 2. The fourth-order valence-corrected chi connectivity index (χ4v) is 7.21. The average Bonchev–Trinajstić information content (AvgIpc) is 2.75. The Balaban J connectivity index is 1.77. The van der Waals surface area contributed by atoms with E-state index in [1.165, 1.54) is 7.11 Å². The predicted octanol–water partition coefficient (Wildman–Crippen LogP) is 2.82. The van der Waals surface area contributed by atoms with Gasteiger partial charge >= 0.3 is 5.97 Å². The first kappa shape index (κ1) is 16.6. The Labute approximate surface area is 144 Å². The standard InChI is InChI=1S/C20H30O4/c1-12-13-3-6-16-19(9-13,18(12)23)8-7-14-4-5-15(21)10-20(14,16)11-17(22)24-2/h13-16,18,21,23H,1,3-11H2,2H3/t13-,14+,15-,16-,18+,19-,20+/m1/s1. The molecule has 1 spiro atoms. The Hall–Kier alpha value is -0.870. The Morgan fingerprint density at radius 3 is 2.75 bits per heavy atom.